The molecule has 1 fully saturated rings. The highest BCUT2D eigenvalue weighted by molar-refractivity contribution is 7.91. The lowest BCUT2D eigenvalue weighted by molar-refractivity contribution is 0.264. The third-order valence-electron chi connectivity index (χ3n) is 5.08. The third-order valence-corrected chi connectivity index (χ3v) is 6.72. The average molecular weight is 318 g/mol. The zero-order valence-corrected chi connectivity index (χ0v) is 15.1. The summed E-state index contributed by atoms with van der Waals surface area (Å²) < 4.78 is 23.6. The molecule has 0 amide bonds. The molecular formula is C17H35NO2S. The first kappa shape index (κ1) is 19.0. The zero-order chi connectivity index (χ0) is 15.7. The Hall–Kier alpha value is -0.0900. The first-order chi connectivity index (χ1) is 9.99. The van der Waals surface area contributed by atoms with Crippen molar-refractivity contribution in [3.05, 3.63) is 0 Å². The predicted molar refractivity (Wildman–Crippen MR) is 91.4 cm³/mol. The largest absolute Gasteiger partial charge is 0.317 e. The monoisotopic (exact) mass is 317 g/mol. The molecule has 0 aromatic carbocycles. The van der Waals surface area contributed by atoms with Gasteiger partial charge in [-0.3, -0.25) is 0 Å². The van der Waals surface area contributed by atoms with Gasteiger partial charge in [-0.15, -0.1) is 0 Å². The van der Waals surface area contributed by atoms with Crippen LogP contribution in [0.3, 0.4) is 0 Å². The van der Waals surface area contributed by atoms with Crippen molar-refractivity contribution in [2.24, 2.45) is 5.92 Å². The summed E-state index contributed by atoms with van der Waals surface area (Å²) in [6.07, 6.45) is 14.5. The smallest absolute Gasteiger partial charge is 0.150 e. The molecule has 3 atom stereocenters. The molecule has 0 bridgehead atoms. The SMILES string of the molecule is CCCCCCCCC(NC)C1CCCC(S(C)(=O)=O)C1. The fourth-order valence-corrected chi connectivity index (χ4v) is 4.89. The van der Waals surface area contributed by atoms with Crippen LogP contribution in [0.1, 0.15) is 77.6 Å². The second kappa shape index (κ2) is 9.83. The first-order valence-corrected chi connectivity index (χ1v) is 10.8. The van der Waals surface area contributed by atoms with Crippen LogP contribution in [0.2, 0.25) is 0 Å². The summed E-state index contributed by atoms with van der Waals surface area (Å²) in [6, 6.07) is 0.501. The van der Waals surface area contributed by atoms with Gasteiger partial charge in [-0.25, -0.2) is 8.42 Å². The third kappa shape index (κ3) is 7.14. The van der Waals surface area contributed by atoms with E-state index < -0.39 is 9.84 Å². The van der Waals surface area contributed by atoms with Gasteiger partial charge >= 0.3 is 0 Å². The van der Waals surface area contributed by atoms with Gasteiger partial charge in [-0.05, 0) is 38.6 Å². The van der Waals surface area contributed by atoms with E-state index in [0.29, 0.717) is 12.0 Å². The lowest BCUT2D eigenvalue weighted by atomic mass is 9.81. The summed E-state index contributed by atoms with van der Waals surface area (Å²) in [5.41, 5.74) is 0. The van der Waals surface area contributed by atoms with E-state index in [1.165, 1.54) is 57.6 Å². The number of rotatable bonds is 10. The van der Waals surface area contributed by atoms with E-state index in [-0.39, 0.29) is 5.25 Å². The van der Waals surface area contributed by atoms with Crippen molar-refractivity contribution in [2.45, 2.75) is 88.8 Å². The van der Waals surface area contributed by atoms with Crippen LogP contribution >= 0.6 is 0 Å². The summed E-state index contributed by atoms with van der Waals surface area (Å²) in [5, 5.41) is 3.35. The Bertz CT molecular complexity index is 367. The second-order valence-corrected chi connectivity index (χ2v) is 9.16. The van der Waals surface area contributed by atoms with Gasteiger partial charge in [0.05, 0.1) is 5.25 Å². The normalized spacial score (nSPS) is 24.9. The first-order valence-electron chi connectivity index (χ1n) is 8.85. The van der Waals surface area contributed by atoms with Gasteiger partial charge in [0.15, 0.2) is 0 Å². The molecule has 1 rings (SSSR count). The molecule has 0 saturated heterocycles. The van der Waals surface area contributed by atoms with E-state index in [1.807, 2.05) is 7.05 Å². The lowest BCUT2D eigenvalue weighted by Crippen LogP contribution is -2.39. The molecule has 21 heavy (non-hydrogen) atoms. The minimum absolute atomic E-state index is 0.100. The molecule has 0 heterocycles. The minimum atomic E-state index is -2.86. The Balaban J connectivity index is 2.34. The molecule has 1 saturated carbocycles. The Kier molecular flexibility index (Phi) is 8.88. The van der Waals surface area contributed by atoms with E-state index in [2.05, 4.69) is 12.2 Å². The summed E-state index contributed by atoms with van der Waals surface area (Å²) in [6.45, 7) is 2.25. The van der Waals surface area contributed by atoms with Crippen molar-refractivity contribution < 1.29 is 8.42 Å². The Morgan fingerprint density at radius 2 is 1.76 bits per heavy atom. The molecule has 0 aromatic heterocycles. The highest BCUT2D eigenvalue weighted by Crippen LogP contribution is 2.32. The van der Waals surface area contributed by atoms with E-state index in [4.69, 9.17) is 0 Å². The van der Waals surface area contributed by atoms with Gasteiger partial charge in [0.1, 0.15) is 9.84 Å². The van der Waals surface area contributed by atoms with E-state index in [0.717, 1.165) is 19.3 Å². The Morgan fingerprint density at radius 1 is 1.10 bits per heavy atom. The molecule has 3 unspecified atom stereocenters. The van der Waals surface area contributed by atoms with E-state index in [9.17, 15) is 8.42 Å². The van der Waals surface area contributed by atoms with Crippen LogP contribution in [-0.2, 0) is 9.84 Å². The Morgan fingerprint density at radius 3 is 2.38 bits per heavy atom. The second-order valence-electron chi connectivity index (χ2n) is 6.83. The van der Waals surface area contributed by atoms with Crippen molar-refractivity contribution in [3.8, 4) is 0 Å². The molecule has 0 aliphatic heterocycles. The van der Waals surface area contributed by atoms with Gasteiger partial charge in [0.25, 0.3) is 0 Å². The summed E-state index contributed by atoms with van der Waals surface area (Å²) in [4.78, 5) is 0. The van der Waals surface area contributed by atoms with Crippen molar-refractivity contribution in [1.82, 2.24) is 5.32 Å². The van der Waals surface area contributed by atoms with Crippen LogP contribution in [0.4, 0.5) is 0 Å². The van der Waals surface area contributed by atoms with Crippen molar-refractivity contribution in [2.75, 3.05) is 13.3 Å². The average Bonchev–Trinajstić information content (AvgIpc) is 2.46. The minimum Gasteiger partial charge on any atom is -0.317 e. The molecule has 1 aliphatic carbocycles. The van der Waals surface area contributed by atoms with E-state index >= 15 is 0 Å². The standard InChI is InChI=1S/C17H35NO2S/c1-4-5-6-7-8-9-13-17(18-2)15-11-10-12-16(14-15)21(3,19)20/h15-18H,4-14H2,1-3H3. The molecule has 1 N–H and O–H groups in total. The van der Waals surface area contributed by atoms with Crippen LogP contribution < -0.4 is 5.32 Å². The fraction of sp³-hybridized carbons (Fsp3) is 1.00. The topological polar surface area (TPSA) is 46.2 Å². The zero-order valence-electron chi connectivity index (χ0n) is 14.2. The van der Waals surface area contributed by atoms with Gasteiger partial charge < -0.3 is 5.32 Å². The van der Waals surface area contributed by atoms with E-state index in [1.54, 1.807) is 0 Å². The highest BCUT2D eigenvalue weighted by Gasteiger charge is 2.32. The maximum absolute atomic E-state index is 11.8. The fourth-order valence-electron chi connectivity index (χ4n) is 3.70. The number of hydrogen-bond donors (Lipinski definition) is 1. The van der Waals surface area contributed by atoms with Crippen LogP contribution in [0, 0.1) is 5.92 Å². The van der Waals surface area contributed by atoms with Crippen LogP contribution in [0.25, 0.3) is 0 Å². The van der Waals surface area contributed by atoms with Crippen LogP contribution in [0.15, 0.2) is 0 Å². The van der Waals surface area contributed by atoms with Gasteiger partial charge in [-0.2, -0.15) is 0 Å². The van der Waals surface area contributed by atoms with Crippen LogP contribution in [-0.4, -0.2) is 33.0 Å². The predicted octanol–water partition coefficient (Wildman–Crippen LogP) is 3.93. The number of nitrogens with one attached hydrogen (secondary N) is 1. The molecule has 0 aromatic rings. The van der Waals surface area contributed by atoms with Gasteiger partial charge in [-0.1, -0.05) is 51.9 Å². The number of hydrogen-bond acceptors (Lipinski definition) is 3. The number of sulfone groups is 1. The lowest BCUT2D eigenvalue weighted by Gasteiger charge is -2.34. The molecular weight excluding hydrogens is 282 g/mol. The van der Waals surface area contributed by atoms with Gasteiger partial charge in [0.2, 0.25) is 0 Å². The quantitative estimate of drug-likeness (QED) is 0.621. The van der Waals surface area contributed by atoms with Crippen molar-refractivity contribution >= 4 is 9.84 Å². The Labute approximate surface area is 132 Å². The molecule has 0 radical (unpaired) electrons. The summed E-state index contributed by atoms with van der Waals surface area (Å²) in [7, 11) is -0.830. The molecule has 4 heteroatoms. The summed E-state index contributed by atoms with van der Waals surface area (Å²) >= 11 is 0. The van der Waals surface area contributed by atoms with Crippen molar-refractivity contribution in [3.63, 3.8) is 0 Å². The highest BCUT2D eigenvalue weighted by atomic mass is 32.2. The number of unbranched alkanes of at least 4 members (excludes halogenated alkanes) is 5. The maximum Gasteiger partial charge on any atom is 0.150 e. The molecule has 0 spiro atoms. The molecule has 126 valence electrons. The van der Waals surface area contributed by atoms with Crippen molar-refractivity contribution in [1.29, 1.82) is 0 Å². The summed E-state index contributed by atoms with van der Waals surface area (Å²) in [5.74, 6) is 0.541. The maximum atomic E-state index is 11.8. The van der Waals surface area contributed by atoms with Crippen LogP contribution in [0.5, 0.6) is 0 Å². The van der Waals surface area contributed by atoms with Gasteiger partial charge in [0, 0.05) is 12.3 Å². The molecule has 1 aliphatic rings. The molecule has 3 nitrogen and oxygen atoms in total.